The molecule has 1 saturated heterocycles. The standard InChI is InChI=1S/C18H22N2S.ClH/c1-3-7-17(8-4-1)20-13-11-19(12-14-20)15-16-21-18-9-5-2-6-10-18;/h1-10H,11-16H2;1H. The molecule has 0 radical (unpaired) electrons. The van der Waals surface area contributed by atoms with Crippen LogP contribution < -0.4 is 4.90 Å². The molecule has 1 heterocycles. The highest BCUT2D eigenvalue weighted by Crippen LogP contribution is 2.18. The van der Waals surface area contributed by atoms with Crippen LogP contribution in [0.2, 0.25) is 0 Å². The second-order valence-corrected chi connectivity index (χ2v) is 6.49. The van der Waals surface area contributed by atoms with Crippen molar-refractivity contribution in [1.82, 2.24) is 4.90 Å². The maximum atomic E-state index is 2.58. The van der Waals surface area contributed by atoms with Gasteiger partial charge in [-0.2, -0.15) is 0 Å². The molecule has 0 N–H and O–H groups in total. The lowest BCUT2D eigenvalue weighted by atomic mass is 10.2. The molecule has 0 aromatic heterocycles. The van der Waals surface area contributed by atoms with Crippen LogP contribution in [0.25, 0.3) is 0 Å². The average Bonchev–Trinajstić information content (AvgIpc) is 2.57. The maximum absolute atomic E-state index is 2.58. The second kappa shape index (κ2) is 9.09. The van der Waals surface area contributed by atoms with E-state index in [1.807, 2.05) is 11.8 Å². The summed E-state index contributed by atoms with van der Waals surface area (Å²) in [7, 11) is 0. The molecule has 0 atom stereocenters. The summed E-state index contributed by atoms with van der Waals surface area (Å²) >= 11 is 1.96. The van der Waals surface area contributed by atoms with E-state index in [0.717, 1.165) is 13.1 Å². The molecule has 1 aliphatic heterocycles. The third-order valence-electron chi connectivity index (χ3n) is 3.91. The van der Waals surface area contributed by atoms with Gasteiger partial charge in [0.2, 0.25) is 0 Å². The summed E-state index contributed by atoms with van der Waals surface area (Å²) in [6, 6.07) is 21.4. The van der Waals surface area contributed by atoms with E-state index in [1.54, 1.807) is 0 Å². The van der Waals surface area contributed by atoms with E-state index in [4.69, 9.17) is 0 Å². The van der Waals surface area contributed by atoms with Gasteiger partial charge in [-0.3, -0.25) is 4.90 Å². The van der Waals surface area contributed by atoms with Crippen molar-refractivity contribution in [2.45, 2.75) is 4.90 Å². The molecule has 0 spiro atoms. The number of benzene rings is 2. The molecule has 2 aromatic rings. The monoisotopic (exact) mass is 334 g/mol. The molecule has 118 valence electrons. The first-order valence-corrected chi connectivity index (χ1v) is 8.60. The van der Waals surface area contributed by atoms with Crippen LogP contribution >= 0.6 is 24.2 Å². The molecule has 0 amide bonds. The van der Waals surface area contributed by atoms with Gasteiger partial charge in [0.15, 0.2) is 0 Å². The van der Waals surface area contributed by atoms with Crippen LogP contribution in [0.3, 0.4) is 0 Å². The molecule has 2 aromatic carbocycles. The summed E-state index contributed by atoms with van der Waals surface area (Å²) in [6.45, 7) is 5.80. The van der Waals surface area contributed by atoms with Gasteiger partial charge >= 0.3 is 0 Å². The summed E-state index contributed by atoms with van der Waals surface area (Å²) in [4.78, 5) is 6.44. The Labute approximate surface area is 143 Å². The minimum atomic E-state index is 0. The molecule has 2 nitrogen and oxygen atoms in total. The summed E-state index contributed by atoms with van der Waals surface area (Å²) in [5.74, 6) is 1.18. The zero-order chi connectivity index (χ0) is 14.3. The number of piperazine rings is 1. The first-order valence-electron chi connectivity index (χ1n) is 7.62. The van der Waals surface area contributed by atoms with Crippen molar-refractivity contribution in [1.29, 1.82) is 0 Å². The predicted octanol–water partition coefficient (Wildman–Crippen LogP) is 4.02. The lowest BCUT2D eigenvalue weighted by Gasteiger charge is -2.36. The Kier molecular flexibility index (Phi) is 7.10. The first kappa shape index (κ1) is 17.2. The van der Waals surface area contributed by atoms with E-state index in [0.29, 0.717) is 0 Å². The van der Waals surface area contributed by atoms with Crippen molar-refractivity contribution < 1.29 is 0 Å². The number of nitrogens with zero attached hydrogens (tertiary/aromatic N) is 2. The molecule has 1 fully saturated rings. The van der Waals surface area contributed by atoms with Crippen molar-refractivity contribution in [2.24, 2.45) is 0 Å². The van der Waals surface area contributed by atoms with Gasteiger partial charge in [0, 0.05) is 49.1 Å². The largest absolute Gasteiger partial charge is 0.369 e. The van der Waals surface area contributed by atoms with Crippen molar-refractivity contribution in [2.75, 3.05) is 43.4 Å². The maximum Gasteiger partial charge on any atom is 0.0367 e. The van der Waals surface area contributed by atoms with Crippen LogP contribution in [0.1, 0.15) is 0 Å². The van der Waals surface area contributed by atoms with Gasteiger partial charge in [0.25, 0.3) is 0 Å². The van der Waals surface area contributed by atoms with Gasteiger partial charge in [-0.1, -0.05) is 36.4 Å². The fourth-order valence-electron chi connectivity index (χ4n) is 2.68. The Hall–Kier alpha value is -1.16. The molecular weight excluding hydrogens is 312 g/mol. The van der Waals surface area contributed by atoms with E-state index in [9.17, 15) is 0 Å². The van der Waals surface area contributed by atoms with Crippen molar-refractivity contribution >= 4 is 29.9 Å². The van der Waals surface area contributed by atoms with Crippen LogP contribution in [0.15, 0.2) is 65.6 Å². The molecule has 0 saturated carbocycles. The van der Waals surface area contributed by atoms with Crippen molar-refractivity contribution in [3.05, 3.63) is 60.7 Å². The zero-order valence-corrected chi connectivity index (χ0v) is 14.4. The van der Waals surface area contributed by atoms with Gasteiger partial charge in [-0.05, 0) is 24.3 Å². The van der Waals surface area contributed by atoms with E-state index >= 15 is 0 Å². The van der Waals surface area contributed by atoms with Crippen LogP contribution in [0, 0.1) is 0 Å². The Bertz CT molecular complexity index is 525. The Morgan fingerprint density at radius 3 is 2.00 bits per heavy atom. The molecular formula is C18H23ClN2S. The number of hydrogen-bond acceptors (Lipinski definition) is 3. The Morgan fingerprint density at radius 2 is 1.36 bits per heavy atom. The number of halogens is 1. The van der Waals surface area contributed by atoms with Crippen LogP contribution in [0.5, 0.6) is 0 Å². The Morgan fingerprint density at radius 1 is 0.773 bits per heavy atom. The summed E-state index contributed by atoms with van der Waals surface area (Å²) < 4.78 is 0. The Balaban J connectivity index is 0.00000176. The highest BCUT2D eigenvalue weighted by atomic mass is 35.5. The van der Waals surface area contributed by atoms with Gasteiger partial charge in [-0.15, -0.1) is 24.2 Å². The summed E-state index contributed by atoms with van der Waals surface area (Å²) in [6.07, 6.45) is 0. The minimum Gasteiger partial charge on any atom is -0.369 e. The normalized spacial score (nSPS) is 15.4. The molecule has 0 unspecified atom stereocenters. The smallest absolute Gasteiger partial charge is 0.0367 e. The highest BCUT2D eigenvalue weighted by molar-refractivity contribution is 7.99. The fourth-order valence-corrected chi connectivity index (χ4v) is 3.61. The average molecular weight is 335 g/mol. The third kappa shape index (κ3) is 4.94. The number of para-hydroxylation sites is 1. The van der Waals surface area contributed by atoms with Gasteiger partial charge in [-0.25, -0.2) is 0 Å². The molecule has 3 rings (SSSR count). The summed E-state index contributed by atoms with van der Waals surface area (Å²) in [5, 5.41) is 0. The number of hydrogen-bond donors (Lipinski definition) is 0. The quantitative estimate of drug-likeness (QED) is 0.762. The van der Waals surface area contributed by atoms with E-state index in [2.05, 4.69) is 70.5 Å². The van der Waals surface area contributed by atoms with Crippen LogP contribution in [-0.4, -0.2) is 43.4 Å². The topological polar surface area (TPSA) is 6.48 Å². The van der Waals surface area contributed by atoms with E-state index in [1.165, 1.54) is 36.0 Å². The number of thioether (sulfide) groups is 1. The molecule has 22 heavy (non-hydrogen) atoms. The predicted molar refractivity (Wildman–Crippen MR) is 99.5 cm³/mol. The van der Waals surface area contributed by atoms with Crippen molar-refractivity contribution in [3.63, 3.8) is 0 Å². The SMILES string of the molecule is Cl.c1ccc(SCCN2CCN(c3ccccc3)CC2)cc1. The van der Waals surface area contributed by atoms with Gasteiger partial charge < -0.3 is 4.90 Å². The van der Waals surface area contributed by atoms with Crippen LogP contribution in [-0.2, 0) is 0 Å². The zero-order valence-electron chi connectivity index (χ0n) is 12.7. The van der Waals surface area contributed by atoms with Gasteiger partial charge in [0.05, 0.1) is 0 Å². The fraction of sp³-hybridized carbons (Fsp3) is 0.333. The first-order chi connectivity index (χ1) is 10.4. The van der Waals surface area contributed by atoms with Gasteiger partial charge in [0.1, 0.15) is 0 Å². The molecule has 4 heteroatoms. The lowest BCUT2D eigenvalue weighted by molar-refractivity contribution is 0.273. The van der Waals surface area contributed by atoms with Crippen molar-refractivity contribution in [3.8, 4) is 0 Å². The lowest BCUT2D eigenvalue weighted by Crippen LogP contribution is -2.47. The third-order valence-corrected chi connectivity index (χ3v) is 4.91. The van der Waals surface area contributed by atoms with E-state index < -0.39 is 0 Å². The molecule has 0 aliphatic carbocycles. The second-order valence-electron chi connectivity index (χ2n) is 5.33. The molecule has 1 aliphatic rings. The number of anilines is 1. The summed E-state index contributed by atoms with van der Waals surface area (Å²) in [5.41, 5.74) is 1.36. The van der Waals surface area contributed by atoms with E-state index in [-0.39, 0.29) is 12.4 Å². The minimum absolute atomic E-state index is 0. The highest BCUT2D eigenvalue weighted by Gasteiger charge is 2.16. The van der Waals surface area contributed by atoms with Crippen LogP contribution in [0.4, 0.5) is 5.69 Å². The molecule has 0 bridgehead atoms. The number of rotatable bonds is 5.